The van der Waals surface area contributed by atoms with Crippen LogP contribution in [-0.4, -0.2) is 49.4 Å². The Balaban J connectivity index is 1.85. The van der Waals surface area contributed by atoms with E-state index in [2.05, 4.69) is 26.6 Å². The second kappa shape index (κ2) is 8.84. The number of amides is 2. The number of methoxy groups -OCH3 is 1. The van der Waals surface area contributed by atoms with Crippen LogP contribution in [0.25, 0.3) is 0 Å². The topological polar surface area (TPSA) is 107 Å². The summed E-state index contributed by atoms with van der Waals surface area (Å²) in [6, 6.07) is 7.06. The Labute approximate surface area is 142 Å². The Kier molecular flexibility index (Phi) is 6.80. The van der Waals surface area contributed by atoms with Crippen LogP contribution in [0.15, 0.2) is 24.3 Å². The number of ether oxygens (including phenoxy) is 1. The van der Waals surface area contributed by atoms with Crippen LogP contribution in [0.2, 0.25) is 0 Å². The molecule has 6 N–H and O–H groups in total. The highest BCUT2D eigenvalue weighted by atomic mass is 16.5. The molecule has 1 aliphatic rings. The molecular formula is C16H27N5O3. The first kappa shape index (κ1) is 18.5. The largest absolute Gasteiger partial charge is 0.497 e. The van der Waals surface area contributed by atoms with Gasteiger partial charge in [0.2, 0.25) is 0 Å². The number of hydrogen-bond donors (Lipinski definition) is 6. The molecule has 4 unspecified atom stereocenters. The Morgan fingerprint density at radius 2 is 2.25 bits per heavy atom. The lowest BCUT2D eigenvalue weighted by Gasteiger charge is -2.37. The molecule has 1 fully saturated rings. The lowest BCUT2D eigenvalue weighted by molar-refractivity contribution is 0.155. The summed E-state index contributed by atoms with van der Waals surface area (Å²) in [7, 11) is 1.58. The van der Waals surface area contributed by atoms with Gasteiger partial charge in [0.15, 0.2) is 0 Å². The van der Waals surface area contributed by atoms with Crippen molar-refractivity contribution >= 4 is 11.7 Å². The molecule has 8 nitrogen and oxygen atoms in total. The summed E-state index contributed by atoms with van der Waals surface area (Å²) < 4.78 is 5.14. The van der Waals surface area contributed by atoms with E-state index >= 15 is 0 Å². The fourth-order valence-corrected chi connectivity index (χ4v) is 2.56. The van der Waals surface area contributed by atoms with Gasteiger partial charge in [0.25, 0.3) is 0 Å². The van der Waals surface area contributed by atoms with Gasteiger partial charge in [-0.05, 0) is 32.4 Å². The lowest BCUT2D eigenvalue weighted by atomic mass is 10.1. The number of carbonyl (C=O) groups excluding carboxylic acids is 1. The van der Waals surface area contributed by atoms with Gasteiger partial charge >= 0.3 is 6.03 Å². The van der Waals surface area contributed by atoms with Crippen molar-refractivity contribution in [2.24, 2.45) is 0 Å². The molecule has 0 saturated carbocycles. The van der Waals surface area contributed by atoms with E-state index in [1.54, 1.807) is 26.2 Å². The summed E-state index contributed by atoms with van der Waals surface area (Å²) in [6.45, 7) is 4.27. The maximum atomic E-state index is 12.2. The lowest BCUT2D eigenvalue weighted by Crippen LogP contribution is -2.68. The van der Waals surface area contributed by atoms with Crippen molar-refractivity contribution < 1.29 is 14.6 Å². The van der Waals surface area contributed by atoms with Gasteiger partial charge in [-0.3, -0.25) is 16.0 Å². The number of rotatable bonds is 6. The van der Waals surface area contributed by atoms with Crippen LogP contribution < -0.4 is 31.3 Å². The first-order chi connectivity index (χ1) is 11.5. The predicted molar refractivity (Wildman–Crippen MR) is 92.8 cm³/mol. The highest BCUT2D eigenvalue weighted by Crippen LogP contribution is 2.16. The molecule has 0 bridgehead atoms. The molecule has 0 aliphatic carbocycles. The number of nitrogens with one attached hydrogen (secondary N) is 5. The van der Waals surface area contributed by atoms with Gasteiger partial charge < -0.3 is 20.5 Å². The Hall–Kier alpha value is -1.87. The fraction of sp³-hybridized carbons (Fsp3) is 0.562. The SMILES string of the molecule is COc1cccc(NC(=O)NC2NC(C)CC(NCC(C)O)N2)c1. The first-order valence-electron chi connectivity index (χ1n) is 8.11. The Bertz CT molecular complexity index is 540. The molecule has 134 valence electrons. The molecule has 1 heterocycles. The molecule has 0 radical (unpaired) electrons. The van der Waals surface area contributed by atoms with Gasteiger partial charge in [-0.25, -0.2) is 4.79 Å². The molecule has 2 amide bonds. The molecule has 0 aromatic heterocycles. The van der Waals surface area contributed by atoms with Crippen molar-refractivity contribution in [2.45, 2.75) is 44.9 Å². The third kappa shape index (κ3) is 5.97. The minimum absolute atomic E-state index is 0.0120. The Morgan fingerprint density at radius 3 is 2.96 bits per heavy atom. The van der Waals surface area contributed by atoms with Crippen LogP contribution in [0.1, 0.15) is 20.3 Å². The van der Waals surface area contributed by atoms with Crippen LogP contribution in [0.4, 0.5) is 10.5 Å². The second-order valence-electron chi connectivity index (χ2n) is 6.04. The summed E-state index contributed by atoms with van der Waals surface area (Å²) in [5, 5.41) is 24.7. The average Bonchev–Trinajstić information content (AvgIpc) is 2.52. The molecule has 8 heteroatoms. The van der Waals surface area contributed by atoms with Crippen LogP contribution in [0, 0.1) is 0 Å². The maximum Gasteiger partial charge on any atom is 0.321 e. The highest BCUT2D eigenvalue weighted by Gasteiger charge is 2.25. The highest BCUT2D eigenvalue weighted by molar-refractivity contribution is 5.89. The molecule has 1 aromatic rings. The summed E-state index contributed by atoms with van der Waals surface area (Å²) in [5.41, 5.74) is 0.652. The van der Waals surface area contributed by atoms with Crippen molar-refractivity contribution in [3.63, 3.8) is 0 Å². The number of urea groups is 1. The third-order valence-corrected chi connectivity index (χ3v) is 3.67. The van der Waals surface area contributed by atoms with E-state index in [1.807, 2.05) is 19.1 Å². The van der Waals surface area contributed by atoms with E-state index in [0.717, 1.165) is 6.42 Å². The normalized spacial score (nSPS) is 24.9. The monoisotopic (exact) mass is 337 g/mol. The summed E-state index contributed by atoms with van der Waals surface area (Å²) in [6.07, 6.45) is 0.0751. The van der Waals surface area contributed by atoms with E-state index in [4.69, 9.17) is 4.74 Å². The van der Waals surface area contributed by atoms with Gasteiger partial charge in [0.1, 0.15) is 12.0 Å². The Morgan fingerprint density at radius 1 is 1.46 bits per heavy atom. The number of carbonyl (C=O) groups is 1. The zero-order valence-electron chi connectivity index (χ0n) is 14.3. The second-order valence-corrected chi connectivity index (χ2v) is 6.04. The zero-order valence-corrected chi connectivity index (χ0v) is 14.3. The first-order valence-corrected chi connectivity index (χ1v) is 8.11. The van der Waals surface area contributed by atoms with E-state index in [1.165, 1.54) is 0 Å². The van der Waals surface area contributed by atoms with Gasteiger partial charge in [0.05, 0.1) is 19.4 Å². The molecule has 1 aromatic carbocycles. The van der Waals surface area contributed by atoms with Gasteiger partial charge in [-0.15, -0.1) is 0 Å². The van der Waals surface area contributed by atoms with Crippen LogP contribution >= 0.6 is 0 Å². The minimum Gasteiger partial charge on any atom is -0.497 e. The van der Waals surface area contributed by atoms with Gasteiger partial charge in [-0.2, -0.15) is 0 Å². The number of aliphatic hydroxyl groups is 1. The predicted octanol–water partition coefficient (Wildman–Crippen LogP) is 0.368. The average molecular weight is 337 g/mol. The van der Waals surface area contributed by atoms with Gasteiger partial charge in [0, 0.05) is 24.3 Å². The molecule has 4 atom stereocenters. The standard InChI is InChI=1S/C16H27N5O3/c1-10-7-14(17-9-11(2)22)20-15(18-10)21-16(23)19-12-5-4-6-13(8-12)24-3/h4-6,8,10-11,14-15,17-18,20,22H,7,9H2,1-3H3,(H2,19,21,23). The van der Waals surface area contributed by atoms with Crippen molar-refractivity contribution in [1.82, 2.24) is 21.3 Å². The minimum atomic E-state index is -0.417. The number of hydrogen-bond acceptors (Lipinski definition) is 6. The number of aliphatic hydroxyl groups excluding tert-OH is 1. The summed E-state index contributed by atoms with van der Waals surface area (Å²) in [5.74, 6) is 0.678. The van der Waals surface area contributed by atoms with Crippen LogP contribution in [0.5, 0.6) is 5.75 Å². The molecular weight excluding hydrogens is 310 g/mol. The molecule has 24 heavy (non-hydrogen) atoms. The van der Waals surface area contributed by atoms with E-state index in [0.29, 0.717) is 18.0 Å². The quantitative estimate of drug-likeness (QED) is 0.448. The van der Waals surface area contributed by atoms with Crippen LogP contribution in [-0.2, 0) is 0 Å². The smallest absolute Gasteiger partial charge is 0.321 e. The number of benzene rings is 1. The van der Waals surface area contributed by atoms with Crippen molar-refractivity contribution in [3.8, 4) is 5.75 Å². The van der Waals surface area contributed by atoms with Crippen molar-refractivity contribution in [1.29, 1.82) is 0 Å². The molecule has 1 aliphatic heterocycles. The third-order valence-electron chi connectivity index (χ3n) is 3.67. The molecule has 1 saturated heterocycles. The van der Waals surface area contributed by atoms with E-state index in [-0.39, 0.29) is 24.5 Å². The van der Waals surface area contributed by atoms with Crippen molar-refractivity contribution in [3.05, 3.63) is 24.3 Å². The van der Waals surface area contributed by atoms with E-state index in [9.17, 15) is 9.90 Å². The molecule has 2 rings (SSSR count). The maximum absolute atomic E-state index is 12.2. The fourth-order valence-electron chi connectivity index (χ4n) is 2.56. The van der Waals surface area contributed by atoms with E-state index < -0.39 is 6.10 Å². The summed E-state index contributed by atoms with van der Waals surface area (Å²) >= 11 is 0. The van der Waals surface area contributed by atoms with Crippen LogP contribution in [0.3, 0.4) is 0 Å². The molecule has 0 spiro atoms. The van der Waals surface area contributed by atoms with Gasteiger partial charge in [-0.1, -0.05) is 6.07 Å². The zero-order chi connectivity index (χ0) is 17.5. The number of anilines is 1. The van der Waals surface area contributed by atoms with Crippen molar-refractivity contribution in [2.75, 3.05) is 19.0 Å². The summed E-state index contributed by atoms with van der Waals surface area (Å²) in [4.78, 5) is 12.2.